The Labute approximate surface area is 62.7 Å². The summed E-state index contributed by atoms with van der Waals surface area (Å²) in [7, 11) is 0. The van der Waals surface area contributed by atoms with E-state index in [9.17, 15) is 13.6 Å². The third-order valence-electron chi connectivity index (χ3n) is 1.29. The van der Waals surface area contributed by atoms with Gasteiger partial charge < -0.3 is 0 Å². The highest BCUT2D eigenvalue weighted by atomic mass is 19.1. The zero-order chi connectivity index (χ0) is 8.43. The Kier molecular flexibility index (Phi) is 1.98. The summed E-state index contributed by atoms with van der Waals surface area (Å²) in [6.45, 7) is 1.54. The fourth-order valence-corrected chi connectivity index (χ4v) is 0.797. The molecule has 0 unspecified atom stereocenters. The van der Waals surface area contributed by atoms with Crippen molar-refractivity contribution in [2.24, 2.45) is 0 Å². The van der Waals surface area contributed by atoms with E-state index in [0.717, 1.165) is 12.1 Å². The summed E-state index contributed by atoms with van der Waals surface area (Å²) in [4.78, 5) is 9.95. The normalized spacial score (nSPS) is 9.73. The second-order valence-electron chi connectivity index (χ2n) is 2.21. The lowest BCUT2D eigenvalue weighted by molar-refractivity contribution is 0.541. The Hall–Kier alpha value is -1.25. The van der Waals surface area contributed by atoms with Crippen molar-refractivity contribution < 1.29 is 13.6 Å². The molecule has 1 radical (unpaired) electrons. The lowest BCUT2D eigenvalue weighted by Gasteiger charge is -1.97. The van der Waals surface area contributed by atoms with E-state index in [0.29, 0.717) is 5.56 Å². The highest BCUT2D eigenvalue weighted by Gasteiger charge is 2.08. The average Bonchev–Trinajstić information content (AvgIpc) is 1.85. The summed E-state index contributed by atoms with van der Waals surface area (Å²) in [5.41, 5.74) is -0.186. The van der Waals surface area contributed by atoms with Crippen molar-refractivity contribution >= 4 is 6.29 Å². The van der Waals surface area contributed by atoms with Gasteiger partial charge >= 0.3 is 0 Å². The van der Waals surface area contributed by atoms with Crippen LogP contribution in [0.5, 0.6) is 0 Å². The first-order chi connectivity index (χ1) is 5.15. The molecule has 0 bridgehead atoms. The summed E-state index contributed by atoms with van der Waals surface area (Å²) in [5, 5.41) is 0. The molecule has 0 saturated carbocycles. The maximum Gasteiger partial charge on any atom is 0.239 e. The van der Waals surface area contributed by atoms with Gasteiger partial charge in [-0.15, -0.1) is 0 Å². The van der Waals surface area contributed by atoms with Gasteiger partial charge in [-0.1, -0.05) is 0 Å². The largest absolute Gasteiger partial charge is 0.285 e. The number of rotatable bonds is 1. The van der Waals surface area contributed by atoms with Crippen LogP contribution in [0, 0.1) is 18.6 Å². The molecule has 3 heteroatoms. The van der Waals surface area contributed by atoms with Crippen LogP contribution in [0.2, 0.25) is 0 Å². The van der Waals surface area contributed by atoms with Crippen LogP contribution in [0.3, 0.4) is 0 Å². The Balaban J connectivity index is 3.36. The monoisotopic (exact) mass is 155 g/mol. The number of halogens is 2. The van der Waals surface area contributed by atoms with Crippen molar-refractivity contribution in [3.63, 3.8) is 0 Å². The molecule has 0 amide bonds. The predicted octanol–water partition coefficient (Wildman–Crippen LogP) is 1.73. The summed E-state index contributed by atoms with van der Waals surface area (Å²) in [5.74, 6) is -1.73. The molecule has 1 nitrogen and oxygen atoms in total. The molecule has 1 rings (SSSR count). The Morgan fingerprint density at radius 2 is 1.73 bits per heavy atom. The topological polar surface area (TPSA) is 17.1 Å². The SMILES string of the molecule is Cc1cc(F)c([C]=O)c(F)c1. The van der Waals surface area contributed by atoms with Crippen molar-refractivity contribution in [3.05, 3.63) is 34.9 Å². The summed E-state index contributed by atoms with van der Waals surface area (Å²) >= 11 is 0. The zero-order valence-corrected chi connectivity index (χ0v) is 5.82. The molecule has 0 atom stereocenters. The van der Waals surface area contributed by atoms with Crippen molar-refractivity contribution in [1.29, 1.82) is 0 Å². The first-order valence-corrected chi connectivity index (χ1v) is 2.99. The van der Waals surface area contributed by atoms with E-state index >= 15 is 0 Å². The van der Waals surface area contributed by atoms with Crippen LogP contribution in [-0.4, -0.2) is 6.29 Å². The third-order valence-corrected chi connectivity index (χ3v) is 1.29. The van der Waals surface area contributed by atoms with E-state index in [1.54, 1.807) is 6.92 Å². The molecule has 0 N–H and O–H groups in total. The fourth-order valence-electron chi connectivity index (χ4n) is 0.797. The quantitative estimate of drug-likeness (QED) is 0.603. The van der Waals surface area contributed by atoms with Gasteiger partial charge in [0, 0.05) is 0 Å². The van der Waals surface area contributed by atoms with Crippen molar-refractivity contribution in [2.75, 3.05) is 0 Å². The molecule has 0 fully saturated rings. The van der Waals surface area contributed by atoms with E-state index < -0.39 is 17.2 Å². The van der Waals surface area contributed by atoms with Crippen LogP contribution in [0.25, 0.3) is 0 Å². The number of benzene rings is 1. The van der Waals surface area contributed by atoms with Gasteiger partial charge in [0.2, 0.25) is 6.29 Å². The van der Waals surface area contributed by atoms with E-state index in [1.165, 1.54) is 6.29 Å². The van der Waals surface area contributed by atoms with Gasteiger partial charge in [0.25, 0.3) is 0 Å². The van der Waals surface area contributed by atoms with Crippen LogP contribution >= 0.6 is 0 Å². The van der Waals surface area contributed by atoms with Crippen molar-refractivity contribution in [1.82, 2.24) is 0 Å². The molecule has 0 aliphatic heterocycles. The lowest BCUT2D eigenvalue weighted by atomic mass is 10.1. The molecule has 0 aliphatic carbocycles. The van der Waals surface area contributed by atoms with Crippen LogP contribution < -0.4 is 0 Å². The van der Waals surface area contributed by atoms with Crippen molar-refractivity contribution in [3.8, 4) is 0 Å². The van der Waals surface area contributed by atoms with Gasteiger partial charge in [0.05, 0.1) is 5.56 Å². The van der Waals surface area contributed by atoms with Gasteiger partial charge in [-0.25, -0.2) is 8.78 Å². The maximum absolute atomic E-state index is 12.6. The average molecular weight is 155 g/mol. The van der Waals surface area contributed by atoms with Crippen LogP contribution in [0.4, 0.5) is 8.78 Å². The molecular formula is C8H5F2O. The Morgan fingerprint density at radius 3 is 2.09 bits per heavy atom. The summed E-state index contributed by atoms with van der Waals surface area (Å²) in [6, 6.07) is 2.17. The molecule has 0 spiro atoms. The van der Waals surface area contributed by atoms with Crippen LogP contribution in [0.1, 0.15) is 11.1 Å². The molecule has 57 valence electrons. The zero-order valence-electron chi connectivity index (χ0n) is 5.82. The van der Waals surface area contributed by atoms with Gasteiger partial charge in [0.1, 0.15) is 11.6 Å². The number of hydrogen-bond donors (Lipinski definition) is 0. The highest BCUT2D eigenvalue weighted by molar-refractivity contribution is 5.76. The summed E-state index contributed by atoms with van der Waals surface area (Å²) in [6.07, 6.45) is 1.19. The molecule has 1 aromatic carbocycles. The predicted molar refractivity (Wildman–Crippen MR) is 35.9 cm³/mol. The molecule has 1 aromatic rings. The minimum atomic E-state index is -0.863. The molecule has 11 heavy (non-hydrogen) atoms. The molecule has 0 aromatic heterocycles. The van der Waals surface area contributed by atoms with E-state index in [-0.39, 0.29) is 0 Å². The van der Waals surface area contributed by atoms with E-state index in [4.69, 9.17) is 0 Å². The molecular weight excluding hydrogens is 150 g/mol. The first-order valence-electron chi connectivity index (χ1n) is 2.99. The second kappa shape index (κ2) is 2.78. The minimum Gasteiger partial charge on any atom is -0.285 e. The Bertz CT molecular complexity index is 271. The molecule has 0 aliphatic rings. The second-order valence-corrected chi connectivity index (χ2v) is 2.21. The summed E-state index contributed by atoms with van der Waals surface area (Å²) < 4.78 is 25.2. The smallest absolute Gasteiger partial charge is 0.239 e. The van der Waals surface area contributed by atoms with E-state index in [2.05, 4.69) is 0 Å². The Morgan fingerprint density at radius 1 is 1.27 bits per heavy atom. The number of carbonyl (C=O) groups excluding carboxylic acids is 1. The molecule has 0 heterocycles. The van der Waals surface area contributed by atoms with E-state index in [1.807, 2.05) is 0 Å². The van der Waals surface area contributed by atoms with Crippen LogP contribution in [0.15, 0.2) is 12.1 Å². The maximum atomic E-state index is 12.6. The number of hydrogen-bond acceptors (Lipinski definition) is 1. The van der Waals surface area contributed by atoms with Gasteiger partial charge in [-0.2, -0.15) is 0 Å². The van der Waals surface area contributed by atoms with Crippen molar-refractivity contribution in [2.45, 2.75) is 6.92 Å². The van der Waals surface area contributed by atoms with Gasteiger partial charge in [0.15, 0.2) is 0 Å². The third kappa shape index (κ3) is 1.42. The van der Waals surface area contributed by atoms with Gasteiger partial charge in [-0.3, -0.25) is 4.79 Å². The first kappa shape index (κ1) is 7.85. The standard InChI is InChI=1S/C8H5F2O/c1-5-2-7(9)6(4-11)8(10)3-5/h2-3H,1H3. The lowest BCUT2D eigenvalue weighted by Crippen LogP contribution is -1.94. The number of aryl methyl sites for hydroxylation is 1. The minimum absolute atomic E-state index is 0.444. The highest BCUT2D eigenvalue weighted by Crippen LogP contribution is 2.12. The molecule has 0 saturated heterocycles. The fraction of sp³-hybridized carbons (Fsp3) is 0.125. The van der Waals surface area contributed by atoms with Gasteiger partial charge in [-0.05, 0) is 24.6 Å². The van der Waals surface area contributed by atoms with Crippen LogP contribution in [-0.2, 0) is 4.79 Å².